The lowest BCUT2D eigenvalue weighted by Crippen LogP contribution is -2.45. The van der Waals surface area contributed by atoms with Crippen LogP contribution in [-0.4, -0.2) is 54.5 Å². The Morgan fingerprint density at radius 3 is 2.94 bits per heavy atom. The number of pyridine rings is 2. The highest BCUT2D eigenvalue weighted by Crippen LogP contribution is 2.26. The molecule has 0 saturated carbocycles. The minimum absolute atomic E-state index is 0.249. The number of hydrogen-bond donors (Lipinski definition) is 2. The molecule has 9 heteroatoms. The normalized spacial score (nSPS) is 18.9. The van der Waals surface area contributed by atoms with E-state index in [1.54, 1.807) is 10.7 Å². The summed E-state index contributed by atoms with van der Waals surface area (Å²) in [6, 6.07) is 15.2. The molecule has 0 unspecified atom stereocenters. The Morgan fingerprint density at radius 2 is 2.00 bits per heavy atom. The van der Waals surface area contributed by atoms with Crippen molar-refractivity contribution in [1.82, 2.24) is 34.5 Å². The van der Waals surface area contributed by atoms with Crippen molar-refractivity contribution < 1.29 is 4.39 Å². The summed E-state index contributed by atoms with van der Waals surface area (Å²) < 4.78 is 17.8. The first kappa shape index (κ1) is 18.9. The molecule has 0 aromatic carbocycles. The molecule has 2 N–H and O–H groups in total. The summed E-state index contributed by atoms with van der Waals surface area (Å²) in [7, 11) is 0. The van der Waals surface area contributed by atoms with Crippen LogP contribution in [0.15, 0.2) is 67.1 Å². The van der Waals surface area contributed by atoms with Gasteiger partial charge in [0.15, 0.2) is 5.65 Å². The molecular formula is C23H21FN8. The third kappa shape index (κ3) is 3.27. The molecule has 0 spiro atoms. The predicted octanol–water partition coefficient (Wildman–Crippen LogP) is 3.22. The van der Waals surface area contributed by atoms with Crippen LogP contribution < -0.4 is 10.6 Å². The Bertz CT molecular complexity index is 1410. The molecule has 0 amide bonds. The monoisotopic (exact) mass is 428 g/mol. The summed E-state index contributed by atoms with van der Waals surface area (Å²) in [6.07, 6.45) is 5.26. The predicted molar refractivity (Wildman–Crippen MR) is 120 cm³/mol. The van der Waals surface area contributed by atoms with Crippen molar-refractivity contribution in [2.75, 3.05) is 18.4 Å². The van der Waals surface area contributed by atoms with E-state index >= 15 is 0 Å². The first-order valence-corrected chi connectivity index (χ1v) is 10.6. The van der Waals surface area contributed by atoms with E-state index in [-0.39, 0.29) is 6.04 Å². The van der Waals surface area contributed by atoms with Crippen molar-refractivity contribution in [3.05, 3.63) is 67.1 Å². The number of piperidine rings is 1. The highest BCUT2D eigenvalue weighted by atomic mass is 19.1. The molecule has 6 rings (SSSR count). The second-order valence-electron chi connectivity index (χ2n) is 7.89. The van der Waals surface area contributed by atoms with Crippen LogP contribution in [0.4, 0.5) is 10.2 Å². The smallest absolute Gasteiger partial charge is 0.154 e. The van der Waals surface area contributed by atoms with Crippen molar-refractivity contribution in [3.8, 4) is 22.6 Å². The maximum absolute atomic E-state index is 14.2. The Labute approximate surface area is 183 Å². The number of rotatable bonds is 4. The Kier molecular flexibility index (Phi) is 4.53. The van der Waals surface area contributed by atoms with Gasteiger partial charge in [-0.3, -0.25) is 0 Å². The molecule has 0 aliphatic carbocycles. The van der Waals surface area contributed by atoms with Gasteiger partial charge in [0, 0.05) is 18.3 Å². The molecule has 0 bridgehead atoms. The number of hydrogen-bond acceptors (Lipinski definition) is 6. The maximum atomic E-state index is 14.2. The minimum atomic E-state index is -0.944. The number of fused-ring (bicyclic) bond motifs is 2. The van der Waals surface area contributed by atoms with Gasteiger partial charge in [0.05, 0.1) is 35.3 Å². The number of aromatic nitrogens is 6. The molecule has 1 fully saturated rings. The fraction of sp³-hybridized carbons (Fsp3) is 0.217. The molecule has 8 nitrogen and oxygen atoms in total. The van der Waals surface area contributed by atoms with Gasteiger partial charge in [-0.25, -0.2) is 23.4 Å². The minimum Gasteiger partial charge on any atom is -0.364 e. The molecule has 6 heterocycles. The quantitative estimate of drug-likeness (QED) is 0.457. The fourth-order valence-corrected chi connectivity index (χ4v) is 4.15. The van der Waals surface area contributed by atoms with Gasteiger partial charge in [-0.1, -0.05) is 12.1 Å². The van der Waals surface area contributed by atoms with Crippen LogP contribution in [0.1, 0.15) is 6.42 Å². The number of anilines is 1. The molecule has 5 aromatic rings. The van der Waals surface area contributed by atoms with Gasteiger partial charge in [0.25, 0.3) is 0 Å². The van der Waals surface area contributed by atoms with E-state index in [4.69, 9.17) is 10.1 Å². The second kappa shape index (κ2) is 7.69. The summed E-state index contributed by atoms with van der Waals surface area (Å²) in [6.45, 7) is 1.15. The highest BCUT2D eigenvalue weighted by molar-refractivity contribution is 5.78. The van der Waals surface area contributed by atoms with Crippen LogP contribution in [-0.2, 0) is 0 Å². The summed E-state index contributed by atoms with van der Waals surface area (Å²) in [5.74, 6) is 0.644. The van der Waals surface area contributed by atoms with Crippen molar-refractivity contribution in [3.63, 3.8) is 0 Å². The van der Waals surface area contributed by atoms with Crippen molar-refractivity contribution in [2.45, 2.75) is 18.6 Å². The van der Waals surface area contributed by atoms with Crippen LogP contribution in [0.3, 0.4) is 0 Å². The topological polar surface area (TPSA) is 84.4 Å². The summed E-state index contributed by atoms with van der Waals surface area (Å²) in [4.78, 5) is 9.21. The number of halogens is 1. The molecule has 0 radical (unpaired) electrons. The highest BCUT2D eigenvalue weighted by Gasteiger charge is 2.24. The molecule has 2 atom stereocenters. The molecule has 1 aliphatic rings. The zero-order chi connectivity index (χ0) is 21.5. The Balaban J connectivity index is 1.38. The molecule has 1 aliphatic heterocycles. The summed E-state index contributed by atoms with van der Waals surface area (Å²) in [5.41, 5.74) is 4.92. The second-order valence-corrected chi connectivity index (χ2v) is 7.89. The van der Waals surface area contributed by atoms with Crippen LogP contribution in [0, 0.1) is 0 Å². The van der Waals surface area contributed by atoms with Gasteiger partial charge in [-0.15, -0.1) is 0 Å². The van der Waals surface area contributed by atoms with Gasteiger partial charge >= 0.3 is 0 Å². The standard InChI is InChI=1S/C23H21FN8/c24-16-13-25-10-9-18(16)28-22-6-3-4-19(29-22)21-14-26-23-8-7-17(30-32(21)23)15-12-27-31-11-2-1-5-20(15)31/h1-8,11-12,14,16,18,25H,9-10,13H2,(H,28,29)/t16-,18-/m0/s1. The van der Waals surface area contributed by atoms with E-state index in [1.807, 2.05) is 65.4 Å². The first-order chi connectivity index (χ1) is 15.8. The summed E-state index contributed by atoms with van der Waals surface area (Å²) >= 11 is 0. The van der Waals surface area contributed by atoms with E-state index in [0.717, 1.165) is 40.4 Å². The number of alkyl halides is 1. The van der Waals surface area contributed by atoms with Gasteiger partial charge in [0.1, 0.15) is 17.7 Å². The lowest BCUT2D eigenvalue weighted by atomic mass is 10.1. The van der Waals surface area contributed by atoms with E-state index in [1.165, 1.54) is 0 Å². The largest absolute Gasteiger partial charge is 0.364 e. The lowest BCUT2D eigenvalue weighted by molar-refractivity contribution is 0.244. The van der Waals surface area contributed by atoms with Crippen LogP contribution in [0.25, 0.3) is 33.8 Å². The van der Waals surface area contributed by atoms with Gasteiger partial charge in [-0.05, 0) is 49.4 Å². The fourth-order valence-electron chi connectivity index (χ4n) is 4.15. The number of nitrogens with one attached hydrogen (secondary N) is 2. The molecule has 1 saturated heterocycles. The van der Waals surface area contributed by atoms with E-state index in [0.29, 0.717) is 18.8 Å². The van der Waals surface area contributed by atoms with Crippen LogP contribution >= 0.6 is 0 Å². The van der Waals surface area contributed by atoms with Gasteiger partial charge in [0.2, 0.25) is 0 Å². The number of imidazole rings is 1. The lowest BCUT2D eigenvalue weighted by Gasteiger charge is -2.27. The van der Waals surface area contributed by atoms with E-state index in [9.17, 15) is 4.39 Å². The van der Waals surface area contributed by atoms with Crippen LogP contribution in [0.2, 0.25) is 0 Å². The van der Waals surface area contributed by atoms with E-state index in [2.05, 4.69) is 20.7 Å². The third-order valence-electron chi connectivity index (χ3n) is 5.82. The van der Waals surface area contributed by atoms with Gasteiger partial charge in [-0.2, -0.15) is 10.2 Å². The van der Waals surface area contributed by atoms with E-state index < -0.39 is 6.17 Å². The maximum Gasteiger partial charge on any atom is 0.154 e. The van der Waals surface area contributed by atoms with Crippen molar-refractivity contribution >= 4 is 17.0 Å². The average Bonchev–Trinajstić information content (AvgIpc) is 3.45. The summed E-state index contributed by atoms with van der Waals surface area (Å²) in [5, 5.41) is 15.6. The average molecular weight is 428 g/mol. The molecule has 5 aromatic heterocycles. The Hall–Kier alpha value is -3.85. The van der Waals surface area contributed by atoms with Crippen molar-refractivity contribution in [1.29, 1.82) is 0 Å². The molecular weight excluding hydrogens is 407 g/mol. The SMILES string of the molecule is F[C@H]1CNCC[C@@H]1Nc1cccc(-c2cnc3ccc(-c4cnn5ccccc45)nn23)n1. The van der Waals surface area contributed by atoms with Crippen LogP contribution in [0.5, 0.6) is 0 Å². The van der Waals surface area contributed by atoms with Crippen molar-refractivity contribution in [2.24, 2.45) is 0 Å². The van der Waals surface area contributed by atoms with Gasteiger partial charge < -0.3 is 10.6 Å². The molecule has 32 heavy (non-hydrogen) atoms. The zero-order valence-electron chi connectivity index (χ0n) is 17.2. The zero-order valence-corrected chi connectivity index (χ0v) is 17.2. The molecule has 160 valence electrons. The first-order valence-electron chi connectivity index (χ1n) is 10.6. The number of nitrogens with zero attached hydrogens (tertiary/aromatic N) is 6. The Morgan fingerprint density at radius 1 is 1.03 bits per heavy atom. The third-order valence-corrected chi connectivity index (χ3v) is 5.82.